The maximum Gasteiger partial charge on any atom is 0.266 e. The number of nitrogens with one attached hydrogen (secondary N) is 1. The average Bonchev–Trinajstić information content (AvgIpc) is 2.88. The lowest BCUT2D eigenvalue weighted by Crippen LogP contribution is -2.13. The quantitative estimate of drug-likeness (QED) is 0.229. The summed E-state index contributed by atoms with van der Waals surface area (Å²) in [5.74, 6) is 0.541. The number of nitrogens with zero attached hydrogens (tertiary/aromatic N) is 1. The molecule has 174 valence electrons. The van der Waals surface area contributed by atoms with Crippen LogP contribution in [-0.4, -0.2) is 13.0 Å². The summed E-state index contributed by atoms with van der Waals surface area (Å²) in [7, 11) is 1.55. The molecule has 1 N–H and O–H groups in total. The number of carbonyl (C=O) groups is 1. The van der Waals surface area contributed by atoms with Crippen molar-refractivity contribution in [3.63, 3.8) is 0 Å². The van der Waals surface area contributed by atoms with Gasteiger partial charge in [-0.2, -0.15) is 5.26 Å². The fourth-order valence-corrected chi connectivity index (χ4v) is 3.83. The summed E-state index contributed by atoms with van der Waals surface area (Å²) in [4.78, 5) is 12.6. The average molecular weight is 483 g/mol. The molecule has 0 heterocycles. The van der Waals surface area contributed by atoms with Gasteiger partial charge in [0.2, 0.25) is 0 Å². The van der Waals surface area contributed by atoms with E-state index in [-0.39, 0.29) is 5.57 Å². The Morgan fingerprint density at radius 3 is 2.60 bits per heavy atom. The van der Waals surface area contributed by atoms with Crippen LogP contribution in [0, 0.1) is 18.3 Å². The van der Waals surface area contributed by atoms with Gasteiger partial charge in [0.05, 0.1) is 7.11 Å². The SMILES string of the molecule is COc1cc(/C=C(\C#N)C(=O)Nc2ccc(C)c(Cl)c2)ccc1OCc1cccc2ccccc12. The van der Waals surface area contributed by atoms with Gasteiger partial charge in [0.15, 0.2) is 11.5 Å². The van der Waals surface area contributed by atoms with Gasteiger partial charge in [-0.3, -0.25) is 4.79 Å². The van der Waals surface area contributed by atoms with Crippen molar-refractivity contribution in [2.75, 3.05) is 12.4 Å². The van der Waals surface area contributed by atoms with E-state index in [9.17, 15) is 10.1 Å². The number of hydrogen-bond donors (Lipinski definition) is 1. The molecule has 0 bridgehead atoms. The molecular weight excluding hydrogens is 460 g/mol. The third-order valence-corrected chi connectivity index (χ3v) is 5.96. The monoisotopic (exact) mass is 482 g/mol. The number of carbonyl (C=O) groups excluding carboxylic acids is 1. The van der Waals surface area contributed by atoms with E-state index in [1.807, 2.05) is 37.3 Å². The summed E-state index contributed by atoms with van der Waals surface area (Å²) >= 11 is 6.13. The first-order valence-electron chi connectivity index (χ1n) is 11.0. The van der Waals surface area contributed by atoms with Crippen LogP contribution in [-0.2, 0) is 11.4 Å². The third-order valence-electron chi connectivity index (χ3n) is 5.56. The predicted molar refractivity (Wildman–Crippen MR) is 140 cm³/mol. The molecule has 0 aliphatic heterocycles. The minimum atomic E-state index is -0.525. The van der Waals surface area contributed by atoms with Crippen LogP contribution in [0.1, 0.15) is 16.7 Å². The Kier molecular flexibility index (Phi) is 7.35. The van der Waals surface area contributed by atoms with Crippen LogP contribution in [0.2, 0.25) is 5.02 Å². The number of benzene rings is 4. The first-order valence-corrected chi connectivity index (χ1v) is 11.3. The number of ether oxygens (including phenoxy) is 2. The van der Waals surface area contributed by atoms with Crippen LogP contribution in [0.4, 0.5) is 5.69 Å². The van der Waals surface area contributed by atoms with Gasteiger partial charge < -0.3 is 14.8 Å². The van der Waals surface area contributed by atoms with Crippen LogP contribution in [0.15, 0.2) is 84.4 Å². The summed E-state index contributed by atoms with van der Waals surface area (Å²) in [6.07, 6.45) is 1.50. The predicted octanol–water partition coefficient (Wildman–Crippen LogP) is 6.93. The Morgan fingerprint density at radius 1 is 1.03 bits per heavy atom. The van der Waals surface area contributed by atoms with Gasteiger partial charge in [-0.05, 0) is 64.7 Å². The van der Waals surface area contributed by atoms with Crippen molar-refractivity contribution in [1.29, 1.82) is 5.26 Å². The van der Waals surface area contributed by atoms with Gasteiger partial charge in [0, 0.05) is 10.7 Å². The number of hydrogen-bond acceptors (Lipinski definition) is 4. The molecule has 0 unspecified atom stereocenters. The van der Waals surface area contributed by atoms with Crippen LogP contribution in [0.5, 0.6) is 11.5 Å². The van der Waals surface area contributed by atoms with E-state index < -0.39 is 5.91 Å². The van der Waals surface area contributed by atoms with Crippen molar-refractivity contribution < 1.29 is 14.3 Å². The van der Waals surface area contributed by atoms with Crippen molar-refractivity contribution in [2.45, 2.75) is 13.5 Å². The van der Waals surface area contributed by atoms with E-state index in [1.54, 1.807) is 43.5 Å². The van der Waals surface area contributed by atoms with Gasteiger partial charge >= 0.3 is 0 Å². The van der Waals surface area contributed by atoms with Crippen molar-refractivity contribution >= 4 is 40.0 Å². The fraction of sp³-hybridized carbons (Fsp3) is 0.103. The summed E-state index contributed by atoms with van der Waals surface area (Å²) in [6.45, 7) is 2.25. The number of methoxy groups -OCH3 is 1. The van der Waals surface area contributed by atoms with Gasteiger partial charge in [0.1, 0.15) is 18.2 Å². The van der Waals surface area contributed by atoms with E-state index in [2.05, 4.69) is 23.5 Å². The lowest BCUT2D eigenvalue weighted by molar-refractivity contribution is -0.112. The largest absolute Gasteiger partial charge is 0.493 e. The molecule has 0 saturated heterocycles. The topological polar surface area (TPSA) is 71.3 Å². The molecule has 4 rings (SSSR count). The molecule has 0 aromatic heterocycles. The first kappa shape index (κ1) is 23.9. The highest BCUT2D eigenvalue weighted by Gasteiger charge is 2.12. The van der Waals surface area contributed by atoms with Crippen LogP contribution in [0.25, 0.3) is 16.8 Å². The van der Waals surface area contributed by atoms with Crippen LogP contribution in [0.3, 0.4) is 0 Å². The van der Waals surface area contributed by atoms with Crippen LogP contribution >= 0.6 is 11.6 Å². The molecular formula is C29H23ClN2O3. The minimum Gasteiger partial charge on any atom is -0.493 e. The Balaban J connectivity index is 1.51. The third kappa shape index (κ3) is 5.63. The van der Waals surface area contributed by atoms with Gasteiger partial charge in [0.25, 0.3) is 5.91 Å². The molecule has 4 aromatic rings. The van der Waals surface area contributed by atoms with Crippen molar-refractivity contribution in [2.24, 2.45) is 0 Å². The maximum absolute atomic E-state index is 12.6. The number of anilines is 1. The van der Waals surface area contributed by atoms with E-state index in [0.717, 1.165) is 21.9 Å². The fourth-order valence-electron chi connectivity index (χ4n) is 3.65. The second kappa shape index (κ2) is 10.8. The minimum absolute atomic E-state index is 0.0480. The Labute approximate surface area is 209 Å². The molecule has 4 aromatic carbocycles. The molecule has 0 fully saturated rings. The highest BCUT2D eigenvalue weighted by molar-refractivity contribution is 6.31. The molecule has 0 aliphatic carbocycles. The lowest BCUT2D eigenvalue weighted by Gasteiger charge is -2.13. The lowest BCUT2D eigenvalue weighted by atomic mass is 10.1. The zero-order valence-corrected chi connectivity index (χ0v) is 20.1. The molecule has 0 aliphatic rings. The van der Waals surface area contributed by atoms with Gasteiger partial charge in [-0.15, -0.1) is 0 Å². The summed E-state index contributed by atoms with van der Waals surface area (Å²) in [5, 5.41) is 15.1. The maximum atomic E-state index is 12.6. The Hall–Kier alpha value is -4.27. The van der Waals surface area contributed by atoms with Gasteiger partial charge in [-0.1, -0.05) is 66.2 Å². The number of amides is 1. The van der Waals surface area contributed by atoms with Crippen molar-refractivity contribution in [3.8, 4) is 17.6 Å². The number of halogens is 1. The molecule has 5 nitrogen and oxygen atoms in total. The molecule has 0 atom stereocenters. The van der Waals surface area contributed by atoms with E-state index in [4.69, 9.17) is 21.1 Å². The van der Waals surface area contributed by atoms with Crippen LogP contribution < -0.4 is 14.8 Å². The smallest absolute Gasteiger partial charge is 0.266 e. The zero-order valence-electron chi connectivity index (χ0n) is 19.3. The number of fused-ring (bicyclic) bond motifs is 1. The Morgan fingerprint density at radius 2 is 1.83 bits per heavy atom. The number of nitriles is 1. The Bertz CT molecular complexity index is 1470. The number of rotatable bonds is 7. The molecule has 1 amide bonds. The highest BCUT2D eigenvalue weighted by atomic mass is 35.5. The normalized spacial score (nSPS) is 11.1. The van der Waals surface area contributed by atoms with Crippen molar-refractivity contribution in [3.05, 3.63) is 106 Å². The zero-order chi connectivity index (χ0) is 24.8. The number of aryl methyl sites for hydroxylation is 1. The molecule has 0 spiro atoms. The second-order valence-electron chi connectivity index (χ2n) is 7.93. The molecule has 6 heteroatoms. The van der Waals surface area contributed by atoms with Gasteiger partial charge in [-0.25, -0.2) is 0 Å². The summed E-state index contributed by atoms with van der Waals surface area (Å²) < 4.78 is 11.6. The summed E-state index contributed by atoms with van der Waals surface area (Å²) in [6, 6.07) is 26.7. The molecule has 35 heavy (non-hydrogen) atoms. The van der Waals surface area contributed by atoms with E-state index >= 15 is 0 Å². The molecule has 0 radical (unpaired) electrons. The van der Waals surface area contributed by atoms with E-state index in [0.29, 0.717) is 34.4 Å². The molecule has 0 saturated carbocycles. The first-order chi connectivity index (χ1) is 17.0. The highest BCUT2D eigenvalue weighted by Crippen LogP contribution is 2.31. The van der Waals surface area contributed by atoms with Crippen molar-refractivity contribution in [1.82, 2.24) is 0 Å². The summed E-state index contributed by atoms with van der Waals surface area (Å²) in [5.41, 5.74) is 3.06. The standard InChI is InChI=1S/C29H23ClN2O3/c1-19-10-12-24(16-26(19)30)32-29(33)23(17-31)14-20-11-13-27(28(15-20)34-2)35-18-22-8-5-7-21-6-3-4-9-25(21)22/h3-16H,18H2,1-2H3,(H,32,33)/b23-14+. The second-order valence-corrected chi connectivity index (χ2v) is 8.33. The van der Waals surface area contributed by atoms with E-state index in [1.165, 1.54) is 6.08 Å².